The summed E-state index contributed by atoms with van der Waals surface area (Å²) in [5.74, 6) is 0.224. The van der Waals surface area contributed by atoms with Gasteiger partial charge in [0.25, 0.3) is 0 Å². The van der Waals surface area contributed by atoms with E-state index in [9.17, 15) is 4.79 Å². The van der Waals surface area contributed by atoms with Crippen LogP contribution >= 0.6 is 0 Å². The third kappa shape index (κ3) is 2.37. The summed E-state index contributed by atoms with van der Waals surface area (Å²) in [7, 11) is 0. The third-order valence-electron chi connectivity index (χ3n) is 3.14. The fourth-order valence-electron chi connectivity index (χ4n) is 1.98. The second-order valence-corrected chi connectivity index (χ2v) is 4.57. The molecule has 0 bridgehead atoms. The van der Waals surface area contributed by atoms with Crippen LogP contribution in [0.1, 0.15) is 47.0 Å². The highest BCUT2D eigenvalue weighted by Gasteiger charge is 2.37. The molecular weight excluding hydrogens is 176 g/mol. The van der Waals surface area contributed by atoms with E-state index in [0.717, 1.165) is 19.3 Å². The fourth-order valence-corrected chi connectivity index (χ4v) is 1.98. The zero-order valence-corrected chi connectivity index (χ0v) is 9.59. The van der Waals surface area contributed by atoms with Gasteiger partial charge in [-0.1, -0.05) is 25.5 Å². The number of hydrogen-bond donors (Lipinski definition) is 0. The lowest BCUT2D eigenvalue weighted by Gasteiger charge is -2.38. The minimum atomic E-state index is -0.245. The monoisotopic (exact) mass is 196 g/mol. The van der Waals surface area contributed by atoms with Crippen LogP contribution in [0.25, 0.3) is 0 Å². The van der Waals surface area contributed by atoms with Gasteiger partial charge in [-0.25, -0.2) is 0 Å². The highest BCUT2D eigenvalue weighted by molar-refractivity contribution is 5.66. The first-order valence-electron chi connectivity index (χ1n) is 5.31. The average Bonchev–Trinajstić information content (AvgIpc) is 2.08. The normalized spacial score (nSPS) is 27.4. The number of allylic oxidation sites excluding steroid dienone is 1. The molecule has 2 nitrogen and oxygen atoms in total. The Balaban J connectivity index is 2.79. The largest absolute Gasteiger partial charge is 0.459 e. The van der Waals surface area contributed by atoms with Crippen molar-refractivity contribution in [2.75, 3.05) is 0 Å². The molecule has 0 aromatic rings. The van der Waals surface area contributed by atoms with E-state index >= 15 is 0 Å². The first-order chi connectivity index (χ1) is 6.46. The second kappa shape index (κ2) is 4.16. The number of rotatable bonds is 2. The van der Waals surface area contributed by atoms with Gasteiger partial charge < -0.3 is 4.74 Å². The zero-order chi connectivity index (χ0) is 10.8. The third-order valence-corrected chi connectivity index (χ3v) is 3.14. The van der Waals surface area contributed by atoms with E-state index in [4.69, 9.17) is 4.74 Å². The van der Waals surface area contributed by atoms with Gasteiger partial charge in [0, 0.05) is 13.3 Å². The topological polar surface area (TPSA) is 26.3 Å². The highest BCUT2D eigenvalue weighted by Crippen LogP contribution is 2.36. The summed E-state index contributed by atoms with van der Waals surface area (Å²) >= 11 is 0. The van der Waals surface area contributed by atoms with Crippen LogP contribution in [0.5, 0.6) is 0 Å². The summed E-state index contributed by atoms with van der Waals surface area (Å²) < 4.78 is 5.51. The molecule has 0 aromatic heterocycles. The van der Waals surface area contributed by atoms with Crippen LogP contribution in [0, 0.1) is 5.92 Å². The maximum atomic E-state index is 11.1. The van der Waals surface area contributed by atoms with E-state index in [1.165, 1.54) is 12.5 Å². The van der Waals surface area contributed by atoms with Gasteiger partial charge in [-0.05, 0) is 25.7 Å². The fraction of sp³-hybridized carbons (Fsp3) is 0.750. The molecule has 0 spiro atoms. The molecule has 1 atom stereocenters. The Labute approximate surface area is 86.3 Å². The van der Waals surface area contributed by atoms with Crippen molar-refractivity contribution < 1.29 is 9.53 Å². The molecule has 0 aromatic carbocycles. The Kier molecular flexibility index (Phi) is 3.35. The van der Waals surface area contributed by atoms with Crippen LogP contribution in [0.2, 0.25) is 0 Å². The number of hydrogen-bond acceptors (Lipinski definition) is 2. The summed E-state index contributed by atoms with van der Waals surface area (Å²) in [5.41, 5.74) is 1.17. The summed E-state index contributed by atoms with van der Waals surface area (Å²) in [4.78, 5) is 11.1. The van der Waals surface area contributed by atoms with Crippen LogP contribution in [-0.2, 0) is 9.53 Å². The first kappa shape index (κ1) is 11.3. The molecule has 0 radical (unpaired) electrons. The van der Waals surface area contributed by atoms with Crippen molar-refractivity contribution in [2.24, 2.45) is 5.92 Å². The Bertz CT molecular complexity index is 253. The van der Waals surface area contributed by atoms with Gasteiger partial charge in [-0.15, -0.1) is 0 Å². The van der Waals surface area contributed by atoms with Crippen LogP contribution in [0.3, 0.4) is 0 Å². The quantitative estimate of drug-likeness (QED) is 0.501. The standard InChI is InChI=1S/C12H20O2/c1-9(2)12(14-11(4)13)7-5-10(3)6-8-12/h5,9H,6-8H2,1-4H3. The van der Waals surface area contributed by atoms with Gasteiger partial charge in [0.05, 0.1) is 0 Å². The predicted octanol–water partition coefficient (Wildman–Crippen LogP) is 3.07. The van der Waals surface area contributed by atoms with Crippen LogP contribution in [-0.4, -0.2) is 11.6 Å². The molecule has 0 fully saturated rings. The van der Waals surface area contributed by atoms with Crippen molar-refractivity contribution in [3.8, 4) is 0 Å². The summed E-state index contributed by atoms with van der Waals surface area (Å²) in [6, 6.07) is 0. The number of esters is 1. The maximum absolute atomic E-state index is 11.1. The Morgan fingerprint density at radius 2 is 2.21 bits per heavy atom. The molecule has 0 saturated heterocycles. The van der Waals surface area contributed by atoms with Crippen molar-refractivity contribution in [3.63, 3.8) is 0 Å². The van der Waals surface area contributed by atoms with Crippen LogP contribution in [0.15, 0.2) is 11.6 Å². The van der Waals surface area contributed by atoms with Gasteiger partial charge in [0.15, 0.2) is 0 Å². The van der Waals surface area contributed by atoms with E-state index in [-0.39, 0.29) is 11.6 Å². The smallest absolute Gasteiger partial charge is 0.303 e. The van der Waals surface area contributed by atoms with Gasteiger partial charge >= 0.3 is 5.97 Å². The zero-order valence-electron chi connectivity index (χ0n) is 9.59. The van der Waals surface area contributed by atoms with E-state index in [0.29, 0.717) is 5.92 Å². The van der Waals surface area contributed by atoms with Crippen molar-refractivity contribution >= 4 is 5.97 Å². The van der Waals surface area contributed by atoms with Crippen LogP contribution < -0.4 is 0 Å². The minimum Gasteiger partial charge on any atom is -0.459 e. The first-order valence-corrected chi connectivity index (χ1v) is 5.31. The SMILES string of the molecule is CC(=O)OC1(C(C)C)CC=C(C)CC1. The lowest BCUT2D eigenvalue weighted by Crippen LogP contribution is -2.41. The Hall–Kier alpha value is -0.790. The molecule has 0 saturated carbocycles. The molecule has 1 aliphatic carbocycles. The van der Waals surface area contributed by atoms with Crippen molar-refractivity contribution in [2.45, 2.75) is 52.6 Å². The van der Waals surface area contributed by atoms with Crippen LogP contribution in [0.4, 0.5) is 0 Å². The molecule has 0 amide bonds. The average molecular weight is 196 g/mol. The molecule has 0 aliphatic heterocycles. The molecule has 0 N–H and O–H groups in total. The minimum absolute atomic E-state index is 0.161. The molecule has 0 heterocycles. The van der Waals surface area contributed by atoms with Gasteiger partial charge in [0.2, 0.25) is 0 Å². The van der Waals surface area contributed by atoms with E-state index in [2.05, 4.69) is 26.8 Å². The molecule has 2 heteroatoms. The lowest BCUT2D eigenvalue weighted by atomic mass is 9.78. The number of carbonyl (C=O) groups is 1. The Morgan fingerprint density at radius 1 is 1.57 bits per heavy atom. The summed E-state index contributed by atoms with van der Waals surface area (Å²) in [6.07, 6.45) is 5.08. The second-order valence-electron chi connectivity index (χ2n) is 4.57. The molecule has 14 heavy (non-hydrogen) atoms. The highest BCUT2D eigenvalue weighted by atomic mass is 16.6. The van der Waals surface area contributed by atoms with E-state index < -0.39 is 0 Å². The molecule has 1 aliphatic rings. The molecule has 80 valence electrons. The molecule has 1 rings (SSSR count). The van der Waals surface area contributed by atoms with Crippen molar-refractivity contribution in [3.05, 3.63) is 11.6 Å². The maximum Gasteiger partial charge on any atom is 0.303 e. The number of carbonyl (C=O) groups excluding carboxylic acids is 1. The van der Waals surface area contributed by atoms with Gasteiger partial charge in [0.1, 0.15) is 5.60 Å². The molecular formula is C12H20O2. The lowest BCUT2D eigenvalue weighted by molar-refractivity contribution is -0.163. The Morgan fingerprint density at radius 3 is 2.57 bits per heavy atom. The van der Waals surface area contributed by atoms with Gasteiger partial charge in [-0.3, -0.25) is 4.79 Å². The summed E-state index contributed by atoms with van der Waals surface area (Å²) in [5, 5.41) is 0. The van der Waals surface area contributed by atoms with Gasteiger partial charge in [-0.2, -0.15) is 0 Å². The molecule has 1 unspecified atom stereocenters. The number of ether oxygens (including phenoxy) is 1. The predicted molar refractivity (Wildman–Crippen MR) is 56.9 cm³/mol. The van der Waals surface area contributed by atoms with Crippen molar-refractivity contribution in [1.82, 2.24) is 0 Å². The van der Waals surface area contributed by atoms with E-state index in [1.807, 2.05) is 0 Å². The van der Waals surface area contributed by atoms with Crippen molar-refractivity contribution in [1.29, 1.82) is 0 Å². The summed E-state index contributed by atoms with van der Waals surface area (Å²) in [6.45, 7) is 7.88. The van der Waals surface area contributed by atoms with E-state index in [1.54, 1.807) is 0 Å².